The Bertz CT molecular complexity index is 217. The zero-order chi connectivity index (χ0) is 10.3. The Balaban J connectivity index is 3.41. The molecule has 0 fully saturated rings. The van der Waals surface area contributed by atoms with Crippen LogP contribution >= 0.6 is 12.9 Å². The lowest BCUT2D eigenvalue weighted by atomic mass is 10.4. The molecule has 0 saturated heterocycles. The molecule has 0 aliphatic heterocycles. The van der Waals surface area contributed by atoms with Crippen LogP contribution in [0.1, 0.15) is 6.92 Å². The van der Waals surface area contributed by atoms with Crippen molar-refractivity contribution < 1.29 is 18.5 Å². The van der Waals surface area contributed by atoms with Crippen molar-refractivity contribution in [3.05, 3.63) is 12.2 Å². The van der Waals surface area contributed by atoms with Crippen LogP contribution in [0.2, 0.25) is 0 Å². The summed E-state index contributed by atoms with van der Waals surface area (Å²) in [6, 6.07) is 0. The third-order valence-electron chi connectivity index (χ3n) is 1.04. The Morgan fingerprint density at radius 1 is 1.54 bits per heavy atom. The van der Waals surface area contributed by atoms with E-state index in [1.165, 1.54) is 6.92 Å². The molecule has 0 aliphatic carbocycles. The highest BCUT2D eigenvalue weighted by Gasteiger charge is 2.03. The average Bonchev–Trinajstić information content (AvgIpc) is 2.11. The Hall–Kier alpha value is -1.17. The van der Waals surface area contributed by atoms with Crippen molar-refractivity contribution in [1.82, 2.24) is 5.32 Å². The number of thiol groups is 1. The van der Waals surface area contributed by atoms with E-state index >= 15 is 0 Å². The van der Waals surface area contributed by atoms with Crippen molar-refractivity contribution in [1.29, 1.82) is 0 Å². The molecular weight excluding hydrogens is 194 g/mol. The van der Waals surface area contributed by atoms with Crippen LogP contribution in [-0.2, 0) is 13.7 Å². The fourth-order valence-electron chi connectivity index (χ4n) is 0.452. The van der Waals surface area contributed by atoms with E-state index in [0.29, 0.717) is 5.57 Å². The minimum Gasteiger partial charge on any atom is -0.460 e. The molecular formula is C7H11NO4S. The molecule has 0 radical (unpaired) electrons. The normalized spacial score (nSPS) is 8.77. The molecule has 0 aromatic heterocycles. The van der Waals surface area contributed by atoms with Gasteiger partial charge >= 0.3 is 12.1 Å². The van der Waals surface area contributed by atoms with E-state index in [9.17, 15) is 9.59 Å². The molecule has 0 heterocycles. The molecule has 5 nitrogen and oxygen atoms in total. The molecule has 1 N–H and O–H groups in total. The Kier molecular flexibility index (Phi) is 5.79. The highest BCUT2D eigenvalue weighted by atomic mass is 32.1. The molecule has 1 amide bonds. The second-order valence-electron chi connectivity index (χ2n) is 2.22. The fourth-order valence-corrected chi connectivity index (χ4v) is 0.517. The molecule has 6 heteroatoms. The molecule has 0 saturated carbocycles. The van der Waals surface area contributed by atoms with Crippen molar-refractivity contribution in [2.24, 2.45) is 0 Å². The average molecular weight is 205 g/mol. The van der Waals surface area contributed by atoms with E-state index in [-0.39, 0.29) is 13.2 Å². The van der Waals surface area contributed by atoms with Gasteiger partial charge in [0.05, 0.1) is 6.54 Å². The molecule has 0 unspecified atom stereocenters. The lowest BCUT2D eigenvalue weighted by molar-refractivity contribution is -0.138. The number of carbonyl (C=O) groups excluding carboxylic acids is 2. The summed E-state index contributed by atoms with van der Waals surface area (Å²) >= 11 is 3.26. The first kappa shape index (κ1) is 11.8. The third kappa shape index (κ3) is 6.03. The molecule has 13 heavy (non-hydrogen) atoms. The minimum absolute atomic E-state index is 0.0779. The number of carbonyl (C=O) groups is 2. The monoisotopic (exact) mass is 205 g/mol. The van der Waals surface area contributed by atoms with Crippen LogP contribution in [0.4, 0.5) is 4.79 Å². The highest BCUT2D eigenvalue weighted by molar-refractivity contribution is 7.75. The molecule has 0 rings (SSSR count). The summed E-state index contributed by atoms with van der Waals surface area (Å²) in [5.41, 5.74) is 0.316. The van der Waals surface area contributed by atoms with Gasteiger partial charge in [-0.05, 0) is 6.92 Å². The van der Waals surface area contributed by atoms with Gasteiger partial charge < -0.3 is 14.2 Å². The quantitative estimate of drug-likeness (QED) is 0.233. The van der Waals surface area contributed by atoms with Gasteiger partial charge in [0, 0.05) is 18.5 Å². The fraction of sp³-hybridized carbons (Fsp3) is 0.429. The summed E-state index contributed by atoms with van der Waals surface area (Å²) in [6.07, 6.45) is -0.685. The Morgan fingerprint density at radius 2 is 2.15 bits per heavy atom. The predicted molar refractivity (Wildman–Crippen MR) is 49.2 cm³/mol. The molecule has 0 aliphatic rings. The van der Waals surface area contributed by atoms with E-state index in [0.717, 1.165) is 0 Å². The predicted octanol–water partition coefficient (Wildman–Crippen LogP) is 0.677. The van der Waals surface area contributed by atoms with Crippen molar-refractivity contribution in [2.45, 2.75) is 6.92 Å². The summed E-state index contributed by atoms with van der Waals surface area (Å²) in [5.74, 6) is -0.485. The summed E-state index contributed by atoms with van der Waals surface area (Å²) in [5, 5.41) is 2.28. The van der Waals surface area contributed by atoms with Gasteiger partial charge in [-0.1, -0.05) is 6.58 Å². The first-order chi connectivity index (χ1) is 6.07. The summed E-state index contributed by atoms with van der Waals surface area (Å²) < 4.78 is 8.66. The number of esters is 1. The van der Waals surface area contributed by atoms with E-state index < -0.39 is 12.1 Å². The first-order valence-electron chi connectivity index (χ1n) is 3.49. The number of nitrogens with one attached hydrogen (secondary N) is 1. The second-order valence-corrected chi connectivity index (χ2v) is 2.40. The van der Waals surface area contributed by atoms with Gasteiger partial charge in [-0.15, -0.1) is 0 Å². The van der Waals surface area contributed by atoms with Gasteiger partial charge in [0.2, 0.25) is 0 Å². The summed E-state index contributed by atoms with van der Waals surface area (Å²) in [7, 11) is 0. The summed E-state index contributed by atoms with van der Waals surface area (Å²) in [4.78, 5) is 21.2. The van der Waals surface area contributed by atoms with Gasteiger partial charge in [0.15, 0.2) is 0 Å². The van der Waals surface area contributed by atoms with Crippen LogP contribution < -0.4 is 5.32 Å². The Labute approximate surface area is 81.7 Å². The van der Waals surface area contributed by atoms with Gasteiger partial charge in [0.25, 0.3) is 0 Å². The molecule has 0 aromatic rings. The van der Waals surface area contributed by atoms with Crippen LogP contribution in [0, 0.1) is 0 Å². The van der Waals surface area contributed by atoms with Crippen molar-refractivity contribution >= 4 is 25.0 Å². The lowest BCUT2D eigenvalue weighted by Crippen LogP contribution is -2.26. The van der Waals surface area contributed by atoms with E-state index in [1.807, 2.05) is 0 Å². The van der Waals surface area contributed by atoms with Crippen LogP contribution in [0.25, 0.3) is 0 Å². The second kappa shape index (κ2) is 6.36. The number of amides is 1. The van der Waals surface area contributed by atoms with Gasteiger partial charge in [-0.2, -0.15) is 0 Å². The SMILES string of the molecule is C=C(C)C(=O)OCCNC(=O)OS. The van der Waals surface area contributed by atoms with Crippen molar-refractivity contribution in [3.63, 3.8) is 0 Å². The zero-order valence-electron chi connectivity index (χ0n) is 7.20. The maximum atomic E-state index is 10.8. The van der Waals surface area contributed by atoms with Gasteiger partial charge in [0.1, 0.15) is 6.61 Å². The summed E-state index contributed by atoms with van der Waals surface area (Å²) in [6.45, 7) is 5.18. The largest absolute Gasteiger partial charge is 0.460 e. The topological polar surface area (TPSA) is 64.6 Å². The maximum Gasteiger partial charge on any atom is 0.419 e. The van der Waals surface area contributed by atoms with Gasteiger partial charge in [-0.3, -0.25) is 0 Å². The van der Waals surface area contributed by atoms with Crippen molar-refractivity contribution in [3.8, 4) is 0 Å². The van der Waals surface area contributed by atoms with Gasteiger partial charge in [-0.25, -0.2) is 9.59 Å². The zero-order valence-corrected chi connectivity index (χ0v) is 8.10. The van der Waals surface area contributed by atoms with E-state index in [1.54, 1.807) is 0 Å². The third-order valence-corrected chi connectivity index (χ3v) is 1.20. The maximum absolute atomic E-state index is 10.8. The lowest BCUT2D eigenvalue weighted by Gasteiger charge is -2.04. The number of rotatable bonds is 4. The number of ether oxygens (including phenoxy) is 1. The van der Waals surface area contributed by atoms with E-state index in [4.69, 9.17) is 0 Å². The minimum atomic E-state index is -0.685. The Morgan fingerprint density at radius 3 is 2.62 bits per heavy atom. The highest BCUT2D eigenvalue weighted by Crippen LogP contribution is 1.90. The van der Waals surface area contributed by atoms with E-state index in [2.05, 4.69) is 33.7 Å². The first-order valence-corrected chi connectivity index (χ1v) is 3.86. The molecule has 0 atom stereocenters. The number of hydrogen-bond acceptors (Lipinski definition) is 5. The number of hydrogen-bond donors (Lipinski definition) is 2. The standard InChI is InChI=1S/C7H11NO4S/c1-5(2)6(9)11-4-3-8-7(10)12-13/h13H,1,3-4H2,2H3,(H,8,10). The molecule has 74 valence electrons. The van der Waals surface area contributed by atoms with Crippen LogP contribution in [0.5, 0.6) is 0 Å². The molecule has 0 spiro atoms. The molecule has 0 aromatic carbocycles. The smallest absolute Gasteiger partial charge is 0.419 e. The van der Waals surface area contributed by atoms with Crippen LogP contribution in [0.3, 0.4) is 0 Å². The van der Waals surface area contributed by atoms with Crippen LogP contribution in [0.15, 0.2) is 12.2 Å². The molecule has 0 bridgehead atoms. The van der Waals surface area contributed by atoms with Crippen LogP contribution in [-0.4, -0.2) is 25.2 Å². The van der Waals surface area contributed by atoms with Crippen molar-refractivity contribution in [2.75, 3.05) is 13.2 Å².